The summed E-state index contributed by atoms with van der Waals surface area (Å²) in [5.74, 6) is -0.824. The number of nitrogens with one attached hydrogen (secondary N) is 1. The summed E-state index contributed by atoms with van der Waals surface area (Å²) < 4.78 is 31.3. The van der Waals surface area contributed by atoms with Crippen LogP contribution >= 0.6 is 27.7 Å². The first-order valence-electron chi connectivity index (χ1n) is 8.25. The third-order valence-corrected chi connectivity index (χ3v) is 6.31. The SMILES string of the molecule is CC(=O)NC1=NC(=O)/C(=C\c2cc(Br)ccc2OS(=O)(=O)c2ccc(C)cc2)S1. The predicted octanol–water partition coefficient (Wildman–Crippen LogP) is 3.63. The molecule has 29 heavy (non-hydrogen) atoms. The summed E-state index contributed by atoms with van der Waals surface area (Å²) in [6.45, 7) is 3.16. The molecule has 3 rings (SSSR count). The Labute approximate surface area is 180 Å². The van der Waals surface area contributed by atoms with Gasteiger partial charge in [0, 0.05) is 17.0 Å². The zero-order chi connectivity index (χ0) is 21.2. The van der Waals surface area contributed by atoms with Gasteiger partial charge in [-0.1, -0.05) is 33.6 Å². The normalized spacial score (nSPS) is 15.3. The Balaban J connectivity index is 1.92. The number of thioether (sulfide) groups is 1. The summed E-state index contributed by atoms with van der Waals surface area (Å²) in [6, 6.07) is 11.0. The second kappa shape index (κ2) is 8.52. The molecule has 150 valence electrons. The summed E-state index contributed by atoms with van der Waals surface area (Å²) >= 11 is 4.31. The van der Waals surface area contributed by atoms with Crippen LogP contribution in [-0.2, 0) is 19.7 Å². The van der Waals surface area contributed by atoms with E-state index in [2.05, 4.69) is 26.2 Å². The molecule has 0 saturated heterocycles. The molecule has 2 aromatic rings. The summed E-state index contributed by atoms with van der Waals surface area (Å²) in [5, 5.41) is 2.62. The van der Waals surface area contributed by atoms with Gasteiger partial charge in [0.05, 0.1) is 4.91 Å². The van der Waals surface area contributed by atoms with Crippen LogP contribution in [0.4, 0.5) is 0 Å². The topological polar surface area (TPSA) is 102 Å². The van der Waals surface area contributed by atoms with E-state index in [9.17, 15) is 18.0 Å². The molecule has 7 nitrogen and oxygen atoms in total. The van der Waals surface area contributed by atoms with Crippen molar-refractivity contribution in [2.24, 2.45) is 4.99 Å². The van der Waals surface area contributed by atoms with Crippen molar-refractivity contribution in [2.75, 3.05) is 0 Å². The Morgan fingerprint density at radius 1 is 1.21 bits per heavy atom. The maximum absolute atomic E-state index is 12.6. The average Bonchev–Trinajstić information content (AvgIpc) is 2.96. The van der Waals surface area contributed by atoms with Crippen LogP contribution in [0, 0.1) is 6.92 Å². The highest BCUT2D eigenvalue weighted by molar-refractivity contribution is 9.10. The van der Waals surface area contributed by atoms with Gasteiger partial charge in [0.2, 0.25) is 5.91 Å². The zero-order valence-electron chi connectivity index (χ0n) is 15.3. The smallest absolute Gasteiger partial charge is 0.339 e. The molecule has 10 heteroatoms. The number of aliphatic imine (C=N–C) groups is 1. The standard InChI is InChI=1S/C19H15BrN2O5S2/c1-11-3-6-15(7-4-11)29(25,26)27-16-8-5-14(20)9-13(16)10-17-18(24)22-19(28-17)21-12(2)23/h3-10H,1-2H3,(H,21,22,23,24)/b17-10+. The van der Waals surface area contributed by atoms with Crippen LogP contribution in [0.2, 0.25) is 0 Å². The lowest BCUT2D eigenvalue weighted by Crippen LogP contribution is -2.23. The quantitative estimate of drug-likeness (QED) is 0.514. The molecule has 1 heterocycles. The number of carbonyl (C=O) groups is 2. The van der Waals surface area contributed by atoms with Crippen molar-refractivity contribution < 1.29 is 22.2 Å². The average molecular weight is 495 g/mol. The number of rotatable bonds is 4. The van der Waals surface area contributed by atoms with E-state index >= 15 is 0 Å². The van der Waals surface area contributed by atoms with Crippen LogP contribution in [0.15, 0.2) is 61.7 Å². The number of benzene rings is 2. The molecule has 2 amide bonds. The summed E-state index contributed by atoms with van der Waals surface area (Å²) in [6.07, 6.45) is 1.47. The van der Waals surface area contributed by atoms with Crippen LogP contribution in [0.1, 0.15) is 18.1 Å². The Morgan fingerprint density at radius 2 is 1.90 bits per heavy atom. The Hall–Kier alpha value is -2.43. The van der Waals surface area contributed by atoms with Crippen molar-refractivity contribution in [2.45, 2.75) is 18.7 Å². The minimum atomic E-state index is -4.06. The third-order valence-electron chi connectivity index (χ3n) is 3.67. The number of amides is 2. The van der Waals surface area contributed by atoms with E-state index in [0.29, 0.717) is 10.0 Å². The van der Waals surface area contributed by atoms with E-state index in [4.69, 9.17) is 4.18 Å². The number of hydrogen-bond acceptors (Lipinski definition) is 6. The van der Waals surface area contributed by atoms with Gasteiger partial charge >= 0.3 is 10.1 Å². The lowest BCUT2D eigenvalue weighted by atomic mass is 10.2. The summed E-state index contributed by atoms with van der Waals surface area (Å²) in [4.78, 5) is 27.3. The molecule has 0 saturated carbocycles. The molecular weight excluding hydrogens is 480 g/mol. The largest absolute Gasteiger partial charge is 0.378 e. The van der Waals surface area contributed by atoms with E-state index in [1.165, 1.54) is 31.2 Å². The lowest BCUT2D eigenvalue weighted by Gasteiger charge is -2.11. The predicted molar refractivity (Wildman–Crippen MR) is 115 cm³/mol. The van der Waals surface area contributed by atoms with Crippen molar-refractivity contribution >= 4 is 60.9 Å². The number of aryl methyl sites for hydroxylation is 1. The molecule has 1 N–H and O–H groups in total. The van der Waals surface area contributed by atoms with Crippen LogP contribution in [0.5, 0.6) is 5.75 Å². The molecule has 0 radical (unpaired) electrons. The van der Waals surface area contributed by atoms with E-state index in [-0.39, 0.29) is 26.6 Å². The Bertz CT molecular complexity index is 1160. The molecule has 0 aromatic heterocycles. The highest BCUT2D eigenvalue weighted by atomic mass is 79.9. The van der Waals surface area contributed by atoms with Gasteiger partial charge in [-0.15, -0.1) is 0 Å². The van der Waals surface area contributed by atoms with E-state index in [1.54, 1.807) is 24.3 Å². The fraction of sp³-hybridized carbons (Fsp3) is 0.105. The van der Waals surface area contributed by atoms with Crippen LogP contribution in [0.25, 0.3) is 6.08 Å². The molecule has 1 aliphatic heterocycles. The molecule has 0 atom stereocenters. The minimum Gasteiger partial charge on any atom is -0.378 e. The minimum absolute atomic E-state index is 0.0206. The second-order valence-corrected chi connectivity index (χ2v) is 9.54. The van der Waals surface area contributed by atoms with Crippen LogP contribution < -0.4 is 9.50 Å². The summed E-state index contributed by atoms with van der Waals surface area (Å²) in [5.41, 5.74) is 1.29. The van der Waals surface area contributed by atoms with E-state index in [1.807, 2.05) is 6.92 Å². The van der Waals surface area contributed by atoms with Gasteiger partial charge in [0.25, 0.3) is 5.91 Å². The van der Waals surface area contributed by atoms with E-state index < -0.39 is 16.0 Å². The molecule has 0 aliphatic carbocycles. The maximum atomic E-state index is 12.6. The number of halogens is 1. The number of amidine groups is 1. The van der Waals surface area contributed by atoms with Gasteiger partial charge in [-0.2, -0.15) is 13.4 Å². The fourth-order valence-electron chi connectivity index (χ4n) is 2.33. The maximum Gasteiger partial charge on any atom is 0.339 e. The Morgan fingerprint density at radius 3 is 2.55 bits per heavy atom. The fourth-order valence-corrected chi connectivity index (χ4v) is 4.52. The molecule has 0 unspecified atom stereocenters. The van der Waals surface area contributed by atoms with E-state index in [0.717, 1.165) is 17.3 Å². The number of carbonyl (C=O) groups excluding carboxylic acids is 2. The molecule has 0 spiro atoms. The highest BCUT2D eigenvalue weighted by Gasteiger charge is 2.24. The molecule has 0 bridgehead atoms. The first-order valence-corrected chi connectivity index (χ1v) is 11.3. The van der Waals surface area contributed by atoms with Gasteiger partial charge in [-0.3, -0.25) is 9.59 Å². The second-order valence-electron chi connectivity index (χ2n) is 6.05. The van der Waals surface area contributed by atoms with Crippen LogP contribution in [0.3, 0.4) is 0 Å². The molecular formula is C19H15BrN2O5S2. The number of hydrogen-bond donors (Lipinski definition) is 1. The molecule has 2 aromatic carbocycles. The van der Waals surface area contributed by atoms with Crippen molar-refractivity contribution in [3.05, 3.63) is 63.0 Å². The Kier molecular flexibility index (Phi) is 6.25. The molecule has 0 fully saturated rings. The van der Waals surface area contributed by atoms with Gasteiger partial charge in [0.15, 0.2) is 5.17 Å². The first kappa shape index (κ1) is 21.3. The third kappa shape index (κ3) is 5.34. The monoisotopic (exact) mass is 494 g/mol. The van der Waals surface area contributed by atoms with Crippen LogP contribution in [-0.4, -0.2) is 25.4 Å². The lowest BCUT2D eigenvalue weighted by molar-refractivity contribution is -0.117. The summed E-state index contributed by atoms with van der Waals surface area (Å²) in [7, 11) is -4.06. The van der Waals surface area contributed by atoms with Crippen molar-refractivity contribution in [1.29, 1.82) is 0 Å². The highest BCUT2D eigenvalue weighted by Crippen LogP contribution is 2.33. The van der Waals surface area contributed by atoms with Gasteiger partial charge in [0.1, 0.15) is 10.6 Å². The van der Waals surface area contributed by atoms with Gasteiger partial charge in [-0.25, -0.2) is 0 Å². The van der Waals surface area contributed by atoms with Gasteiger partial charge < -0.3 is 9.50 Å². The molecule has 1 aliphatic rings. The van der Waals surface area contributed by atoms with Crippen molar-refractivity contribution in [3.63, 3.8) is 0 Å². The van der Waals surface area contributed by atoms with Crippen molar-refractivity contribution in [1.82, 2.24) is 5.32 Å². The first-order chi connectivity index (χ1) is 13.6. The zero-order valence-corrected chi connectivity index (χ0v) is 18.5. The number of nitrogens with zero attached hydrogens (tertiary/aromatic N) is 1. The van der Waals surface area contributed by atoms with Crippen molar-refractivity contribution in [3.8, 4) is 5.75 Å². The van der Waals surface area contributed by atoms with Gasteiger partial charge in [-0.05, 0) is 55.1 Å².